The van der Waals surface area contributed by atoms with Crippen LogP contribution in [0.4, 0.5) is 10.5 Å². The highest BCUT2D eigenvalue weighted by molar-refractivity contribution is 7.89. The topological polar surface area (TPSA) is 103 Å². The summed E-state index contributed by atoms with van der Waals surface area (Å²) in [6.07, 6.45) is 1.68. The van der Waals surface area contributed by atoms with Crippen LogP contribution in [0.25, 0.3) is 0 Å². The highest BCUT2D eigenvalue weighted by Gasteiger charge is 2.29. The van der Waals surface area contributed by atoms with Crippen LogP contribution >= 0.6 is 0 Å². The van der Waals surface area contributed by atoms with E-state index >= 15 is 0 Å². The molecule has 2 N–H and O–H groups in total. The number of amides is 1. The SMILES string of the molecule is O=C(Nc1ccccc1)O[C@H]1CCC[C@@H](NS(=O)(=O)c2ccc3c(c2)OCCO3)C1. The fourth-order valence-electron chi connectivity index (χ4n) is 3.66. The Labute approximate surface area is 175 Å². The molecule has 2 atom stereocenters. The van der Waals surface area contributed by atoms with Gasteiger partial charge in [-0.1, -0.05) is 18.2 Å². The fourth-order valence-corrected chi connectivity index (χ4v) is 4.96. The van der Waals surface area contributed by atoms with Gasteiger partial charge in [-0.15, -0.1) is 0 Å². The Balaban J connectivity index is 1.35. The van der Waals surface area contributed by atoms with Gasteiger partial charge >= 0.3 is 6.09 Å². The predicted molar refractivity (Wildman–Crippen MR) is 110 cm³/mol. The Morgan fingerprint density at radius 1 is 1.00 bits per heavy atom. The van der Waals surface area contributed by atoms with Gasteiger partial charge in [0, 0.05) is 24.2 Å². The minimum absolute atomic E-state index is 0.122. The average molecular weight is 432 g/mol. The number of ether oxygens (including phenoxy) is 3. The molecule has 9 heteroatoms. The van der Waals surface area contributed by atoms with E-state index in [1.807, 2.05) is 18.2 Å². The molecular formula is C21H24N2O6S. The molecule has 0 bridgehead atoms. The van der Waals surface area contributed by atoms with Crippen LogP contribution in [-0.4, -0.2) is 39.9 Å². The molecule has 1 saturated carbocycles. The molecule has 1 aliphatic carbocycles. The lowest BCUT2D eigenvalue weighted by Gasteiger charge is -2.29. The second-order valence-electron chi connectivity index (χ2n) is 7.31. The Hall–Kier alpha value is -2.78. The molecule has 8 nitrogen and oxygen atoms in total. The maximum atomic E-state index is 12.8. The number of carbonyl (C=O) groups excluding carboxylic acids is 1. The van der Waals surface area contributed by atoms with Gasteiger partial charge in [0.15, 0.2) is 11.5 Å². The maximum absolute atomic E-state index is 12.8. The van der Waals surface area contributed by atoms with Crippen LogP contribution in [0.2, 0.25) is 0 Å². The zero-order valence-corrected chi connectivity index (χ0v) is 17.2. The van der Waals surface area contributed by atoms with Crippen molar-refractivity contribution in [3.8, 4) is 11.5 Å². The lowest BCUT2D eigenvalue weighted by molar-refractivity contribution is 0.0793. The van der Waals surface area contributed by atoms with Crippen LogP contribution < -0.4 is 19.5 Å². The fraction of sp³-hybridized carbons (Fsp3) is 0.381. The largest absolute Gasteiger partial charge is 0.486 e. The maximum Gasteiger partial charge on any atom is 0.411 e. The first-order valence-electron chi connectivity index (χ1n) is 9.94. The molecule has 0 unspecified atom stereocenters. The van der Waals surface area contributed by atoms with E-state index in [2.05, 4.69) is 10.0 Å². The first-order chi connectivity index (χ1) is 14.5. The molecular weight excluding hydrogens is 408 g/mol. The Bertz CT molecular complexity index is 996. The lowest BCUT2D eigenvalue weighted by atomic mass is 9.94. The third-order valence-electron chi connectivity index (χ3n) is 5.07. The van der Waals surface area contributed by atoms with Gasteiger partial charge in [0.05, 0.1) is 4.90 Å². The monoisotopic (exact) mass is 432 g/mol. The number of hydrogen-bond acceptors (Lipinski definition) is 6. The smallest absolute Gasteiger partial charge is 0.411 e. The number of hydrogen-bond donors (Lipinski definition) is 2. The molecule has 1 amide bonds. The third kappa shape index (κ3) is 5.03. The third-order valence-corrected chi connectivity index (χ3v) is 6.58. The highest BCUT2D eigenvalue weighted by Crippen LogP contribution is 2.32. The van der Waals surface area contributed by atoms with Crippen molar-refractivity contribution in [1.29, 1.82) is 0 Å². The molecule has 30 heavy (non-hydrogen) atoms. The number of fused-ring (bicyclic) bond motifs is 1. The van der Waals surface area contributed by atoms with E-state index in [4.69, 9.17) is 14.2 Å². The Morgan fingerprint density at radius 3 is 2.57 bits per heavy atom. The number of anilines is 1. The Kier molecular flexibility index (Phi) is 6.10. The summed E-state index contributed by atoms with van der Waals surface area (Å²) < 4.78 is 44.8. The second-order valence-corrected chi connectivity index (χ2v) is 9.02. The summed E-state index contributed by atoms with van der Waals surface area (Å²) in [5, 5.41) is 2.68. The van der Waals surface area contributed by atoms with Gasteiger partial charge in [-0.2, -0.15) is 0 Å². The van der Waals surface area contributed by atoms with E-state index in [0.717, 1.165) is 6.42 Å². The summed E-state index contributed by atoms with van der Waals surface area (Å²) in [4.78, 5) is 12.3. The molecule has 0 radical (unpaired) electrons. The molecule has 0 aromatic heterocycles. The first-order valence-corrected chi connectivity index (χ1v) is 11.4. The van der Waals surface area contributed by atoms with Gasteiger partial charge in [0.2, 0.25) is 10.0 Å². The molecule has 4 rings (SSSR count). The summed E-state index contributed by atoms with van der Waals surface area (Å²) >= 11 is 0. The number of rotatable bonds is 5. The summed E-state index contributed by atoms with van der Waals surface area (Å²) in [5.74, 6) is 0.960. The molecule has 0 saturated heterocycles. The molecule has 1 fully saturated rings. The number of benzene rings is 2. The van der Waals surface area contributed by atoms with Crippen molar-refractivity contribution >= 4 is 21.8 Å². The second kappa shape index (κ2) is 8.93. The van der Waals surface area contributed by atoms with Crippen molar-refractivity contribution in [2.75, 3.05) is 18.5 Å². The lowest BCUT2D eigenvalue weighted by Crippen LogP contribution is -2.41. The summed E-state index contributed by atoms with van der Waals surface area (Å²) in [5.41, 5.74) is 0.647. The highest BCUT2D eigenvalue weighted by atomic mass is 32.2. The molecule has 2 aromatic carbocycles. The molecule has 0 spiro atoms. The van der Waals surface area contributed by atoms with Crippen molar-refractivity contribution in [3.63, 3.8) is 0 Å². The van der Waals surface area contributed by atoms with Crippen LogP contribution in [0.15, 0.2) is 53.4 Å². The van der Waals surface area contributed by atoms with Crippen LogP contribution in [0.1, 0.15) is 25.7 Å². The van der Waals surface area contributed by atoms with Gasteiger partial charge in [-0.3, -0.25) is 5.32 Å². The molecule has 1 aliphatic heterocycles. The van der Waals surface area contributed by atoms with Gasteiger partial charge in [-0.25, -0.2) is 17.9 Å². The van der Waals surface area contributed by atoms with Crippen molar-refractivity contribution in [2.45, 2.75) is 42.7 Å². The van der Waals surface area contributed by atoms with E-state index in [0.29, 0.717) is 49.7 Å². The van der Waals surface area contributed by atoms with Crippen molar-refractivity contribution in [1.82, 2.24) is 4.72 Å². The standard InChI is InChI=1S/C21H24N2O6S/c24-21(22-15-5-2-1-3-6-15)29-17-8-4-7-16(13-17)23-30(25,26)18-9-10-19-20(14-18)28-12-11-27-19/h1-3,5-6,9-10,14,16-17,23H,4,7-8,11-13H2,(H,22,24)/t16-,17+/m1/s1. The number of nitrogens with one attached hydrogen (secondary N) is 2. The van der Waals surface area contributed by atoms with E-state index in [1.165, 1.54) is 12.1 Å². The minimum atomic E-state index is -3.74. The van der Waals surface area contributed by atoms with Crippen LogP contribution in [-0.2, 0) is 14.8 Å². The normalized spacial score (nSPS) is 20.9. The minimum Gasteiger partial charge on any atom is -0.486 e. The van der Waals surface area contributed by atoms with Gasteiger partial charge < -0.3 is 14.2 Å². The molecule has 160 valence electrons. The van der Waals surface area contributed by atoms with Crippen LogP contribution in [0, 0.1) is 0 Å². The van der Waals surface area contributed by atoms with E-state index in [1.54, 1.807) is 18.2 Å². The number of sulfonamides is 1. The van der Waals surface area contributed by atoms with Crippen LogP contribution in [0.5, 0.6) is 11.5 Å². The summed E-state index contributed by atoms with van der Waals surface area (Å²) in [7, 11) is -3.74. The zero-order valence-electron chi connectivity index (χ0n) is 16.4. The van der Waals surface area contributed by atoms with Crippen LogP contribution in [0.3, 0.4) is 0 Å². The van der Waals surface area contributed by atoms with Gasteiger partial charge in [0.1, 0.15) is 19.3 Å². The quantitative estimate of drug-likeness (QED) is 0.752. The molecule has 1 heterocycles. The van der Waals surface area contributed by atoms with Gasteiger partial charge in [-0.05, 0) is 43.5 Å². The van der Waals surface area contributed by atoms with Crippen molar-refractivity contribution in [3.05, 3.63) is 48.5 Å². The van der Waals surface area contributed by atoms with Crippen molar-refractivity contribution in [2.24, 2.45) is 0 Å². The van der Waals surface area contributed by atoms with E-state index in [9.17, 15) is 13.2 Å². The summed E-state index contributed by atoms with van der Waals surface area (Å²) in [6, 6.07) is 13.3. The zero-order chi connectivity index (χ0) is 21.0. The average Bonchev–Trinajstić information content (AvgIpc) is 2.74. The predicted octanol–water partition coefficient (Wildman–Crippen LogP) is 3.30. The summed E-state index contributed by atoms with van der Waals surface area (Å²) in [6.45, 7) is 0.829. The number of carbonyl (C=O) groups is 1. The molecule has 2 aliphatic rings. The van der Waals surface area contributed by atoms with E-state index < -0.39 is 16.1 Å². The van der Waals surface area contributed by atoms with Gasteiger partial charge in [0.25, 0.3) is 0 Å². The van der Waals surface area contributed by atoms with E-state index in [-0.39, 0.29) is 17.0 Å². The number of para-hydroxylation sites is 1. The molecule has 2 aromatic rings. The van der Waals surface area contributed by atoms with Crippen molar-refractivity contribution < 1.29 is 27.4 Å². The Morgan fingerprint density at radius 2 is 1.77 bits per heavy atom. The first kappa shape index (κ1) is 20.5.